The molecule has 0 saturated carbocycles. The summed E-state index contributed by atoms with van der Waals surface area (Å²) in [5, 5.41) is 8.73. The first-order valence-corrected chi connectivity index (χ1v) is 7.15. The molecule has 1 aromatic heterocycles. The number of nitriles is 1. The number of halogens is 3. The van der Waals surface area contributed by atoms with Crippen molar-refractivity contribution >= 4 is 5.91 Å². The van der Waals surface area contributed by atoms with Crippen molar-refractivity contribution in [3.8, 4) is 6.07 Å². The van der Waals surface area contributed by atoms with Gasteiger partial charge in [-0.25, -0.2) is 0 Å². The molecule has 0 aliphatic carbocycles. The lowest BCUT2D eigenvalue weighted by Crippen LogP contribution is -2.31. The van der Waals surface area contributed by atoms with Crippen molar-refractivity contribution in [2.75, 3.05) is 6.54 Å². The number of amides is 1. The predicted molar refractivity (Wildman–Crippen MR) is 80.7 cm³/mol. The summed E-state index contributed by atoms with van der Waals surface area (Å²) < 4.78 is 37.8. The van der Waals surface area contributed by atoms with Gasteiger partial charge in [-0.15, -0.1) is 0 Å². The van der Waals surface area contributed by atoms with E-state index in [1.165, 1.54) is 4.90 Å². The zero-order valence-electron chi connectivity index (χ0n) is 12.6. The summed E-state index contributed by atoms with van der Waals surface area (Å²) in [6, 6.07) is 11.2. The van der Waals surface area contributed by atoms with Gasteiger partial charge in [0.1, 0.15) is 0 Å². The largest absolute Gasteiger partial charge is 0.416 e. The van der Waals surface area contributed by atoms with Gasteiger partial charge in [-0.1, -0.05) is 6.07 Å². The third kappa shape index (κ3) is 4.56. The second kappa shape index (κ2) is 7.59. The highest BCUT2D eigenvalue weighted by Gasteiger charge is 2.30. The molecule has 0 aliphatic rings. The molecule has 0 fully saturated rings. The summed E-state index contributed by atoms with van der Waals surface area (Å²) in [5.41, 5.74) is -0.0417. The van der Waals surface area contributed by atoms with Gasteiger partial charge in [-0.05, 0) is 36.4 Å². The van der Waals surface area contributed by atoms with Crippen molar-refractivity contribution in [2.45, 2.75) is 19.1 Å². The van der Waals surface area contributed by atoms with Crippen LogP contribution in [0.1, 0.15) is 28.0 Å². The first kappa shape index (κ1) is 17.5. The minimum Gasteiger partial charge on any atom is -0.332 e. The van der Waals surface area contributed by atoms with Crippen molar-refractivity contribution in [1.82, 2.24) is 9.88 Å². The molecule has 0 spiro atoms. The fraction of sp³-hybridized carbons (Fsp3) is 0.235. The topological polar surface area (TPSA) is 57.0 Å². The van der Waals surface area contributed by atoms with Crippen LogP contribution < -0.4 is 0 Å². The summed E-state index contributed by atoms with van der Waals surface area (Å²) >= 11 is 0. The van der Waals surface area contributed by atoms with Crippen molar-refractivity contribution < 1.29 is 18.0 Å². The van der Waals surface area contributed by atoms with Gasteiger partial charge in [-0.3, -0.25) is 9.78 Å². The molecule has 0 radical (unpaired) electrons. The third-order valence-corrected chi connectivity index (χ3v) is 3.32. The molecule has 2 rings (SSSR count). The third-order valence-electron chi connectivity index (χ3n) is 3.32. The second-order valence-corrected chi connectivity index (χ2v) is 5.03. The number of carbonyl (C=O) groups is 1. The predicted octanol–water partition coefficient (Wildman–Crippen LogP) is 3.66. The molecule has 24 heavy (non-hydrogen) atoms. The average molecular weight is 333 g/mol. The highest BCUT2D eigenvalue weighted by molar-refractivity contribution is 5.94. The number of hydrogen-bond acceptors (Lipinski definition) is 3. The summed E-state index contributed by atoms with van der Waals surface area (Å²) in [6.07, 6.45) is -2.74. The monoisotopic (exact) mass is 333 g/mol. The van der Waals surface area contributed by atoms with E-state index in [0.717, 1.165) is 24.3 Å². The lowest BCUT2D eigenvalue weighted by Gasteiger charge is -2.21. The molecule has 0 saturated heterocycles. The highest BCUT2D eigenvalue weighted by atomic mass is 19.4. The smallest absolute Gasteiger partial charge is 0.332 e. The molecule has 0 bridgehead atoms. The van der Waals surface area contributed by atoms with Gasteiger partial charge in [0.15, 0.2) is 0 Å². The van der Waals surface area contributed by atoms with Gasteiger partial charge in [0, 0.05) is 18.3 Å². The maximum absolute atomic E-state index is 12.6. The summed E-state index contributed by atoms with van der Waals surface area (Å²) in [6.45, 7) is 0.356. The van der Waals surface area contributed by atoms with Gasteiger partial charge in [0.2, 0.25) is 0 Å². The molecular weight excluding hydrogens is 319 g/mol. The number of benzene rings is 1. The van der Waals surface area contributed by atoms with Crippen LogP contribution in [0.25, 0.3) is 0 Å². The van der Waals surface area contributed by atoms with Crippen molar-refractivity contribution in [1.29, 1.82) is 5.26 Å². The normalized spacial score (nSPS) is 10.9. The molecule has 124 valence electrons. The Morgan fingerprint density at radius 1 is 1.17 bits per heavy atom. The maximum Gasteiger partial charge on any atom is 0.416 e. The minimum atomic E-state index is -4.45. The molecule has 0 unspecified atom stereocenters. The van der Waals surface area contributed by atoms with Crippen molar-refractivity contribution in [3.63, 3.8) is 0 Å². The van der Waals surface area contributed by atoms with Gasteiger partial charge in [-0.2, -0.15) is 18.4 Å². The van der Waals surface area contributed by atoms with E-state index in [9.17, 15) is 18.0 Å². The number of aromatic nitrogens is 1. The number of pyridine rings is 1. The molecular formula is C17H14F3N3O. The van der Waals surface area contributed by atoms with Crippen LogP contribution in [0.5, 0.6) is 0 Å². The van der Waals surface area contributed by atoms with E-state index in [4.69, 9.17) is 5.26 Å². The summed E-state index contributed by atoms with van der Waals surface area (Å²) in [5.74, 6) is -0.440. The van der Waals surface area contributed by atoms with E-state index >= 15 is 0 Å². The molecule has 1 aromatic carbocycles. The zero-order chi connectivity index (χ0) is 17.6. The van der Waals surface area contributed by atoms with Gasteiger partial charge in [0.05, 0.1) is 30.3 Å². The Morgan fingerprint density at radius 3 is 2.42 bits per heavy atom. The Hall–Kier alpha value is -2.88. The molecule has 7 heteroatoms. The van der Waals surface area contributed by atoms with Crippen LogP contribution in [0, 0.1) is 11.3 Å². The Labute approximate surface area is 137 Å². The standard InChI is InChI=1S/C17H14F3N3O/c18-17(19,20)14-7-5-13(6-8-14)16(24)23(11-3-9-21)12-15-4-1-2-10-22-15/h1-2,4-8,10H,3,11-12H2. The van der Waals surface area contributed by atoms with Crippen LogP contribution in [0.2, 0.25) is 0 Å². The molecule has 1 heterocycles. The van der Waals surface area contributed by atoms with Crippen LogP contribution in [0.3, 0.4) is 0 Å². The SMILES string of the molecule is N#CCCN(Cc1ccccn1)C(=O)c1ccc(C(F)(F)F)cc1. The zero-order valence-corrected chi connectivity index (χ0v) is 12.6. The summed E-state index contributed by atoms with van der Waals surface area (Å²) in [7, 11) is 0. The van der Waals surface area contributed by atoms with E-state index in [-0.39, 0.29) is 25.1 Å². The van der Waals surface area contributed by atoms with E-state index < -0.39 is 17.6 Å². The van der Waals surface area contributed by atoms with Crippen LogP contribution in [0.15, 0.2) is 48.7 Å². The lowest BCUT2D eigenvalue weighted by molar-refractivity contribution is -0.137. The Balaban J connectivity index is 2.19. The van der Waals surface area contributed by atoms with Crippen LogP contribution in [0.4, 0.5) is 13.2 Å². The summed E-state index contributed by atoms with van der Waals surface area (Å²) in [4.78, 5) is 18.0. The molecule has 4 nitrogen and oxygen atoms in total. The maximum atomic E-state index is 12.6. The second-order valence-electron chi connectivity index (χ2n) is 5.03. The number of rotatable bonds is 5. The van der Waals surface area contributed by atoms with Crippen LogP contribution >= 0.6 is 0 Å². The first-order chi connectivity index (χ1) is 11.4. The van der Waals surface area contributed by atoms with Crippen LogP contribution in [-0.4, -0.2) is 22.3 Å². The van der Waals surface area contributed by atoms with Crippen molar-refractivity contribution in [3.05, 3.63) is 65.5 Å². The molecule has 0 atom stereocenters. The van der Waals surface area contributed by atoms with Crippen molar-refractivity contribution in [2.24, 2.45) is 0 Å². The molecule has 0 N–H and O–H groups in total. The Morgan fingerprint density at radius 2 is 1.88 bits per heavy atom. The lowest BCUT2D eigenvalue weighted by atomic mass is 10.1. The quantitative estimate of drug-likeness (QED) is 0.839. The van der Waals surface area contributed by atoms with Crippen LogP contribution in [-0.2, 0) is 12.7 Å². The highest BCUT2D eigenvalue weighted by Crippen LogP contribution is 2.29. The van der Waals surface area contributed by atoms with Gasteiger partial charge >= 0.3 is 6.18 Å². The number of nitrogens with zero attached hydrogens (tertiary/aromatic N) is 3. The fourth-order valence-corrected chi connectivity index (χ4v) is 2.11. The number of alkyl halides is 3. The van der Waals surface area contributed by atoms with E-state index in [1.807, 2.05) is 6.07 Å². The van der Waals surface area contributed by atoms with E-state index in [2.05, 4.69) is 4.98 Å². The average Bonchev–Trinajstić information content (AvgIpc) is 2.58. The molecule has 2 aromatic rings. The molecule has 0 aliphatic heterocycles. The van der Waals surface area contributed by atoms with E-state index in [0.29, 0.717) is 5.69 Å². The molecule has 1 amide bonds. The number of carbonyl (C=O) groups excluding carboxylic acids is 1. The number of hydrogen-bond donors (Lipinski definition) is 0. The van der Waals surface area contributed by atoms with Gasteiger partial charge < -0.3 is 4.90 Å². The van der Waals surface area contributed by atoms with E-state index in [1.54, 1.807) is 24.4 Å². The fourth-order valence-electron chi connectivity index (χ4n) is 2.11. The Kier molecular flexibility index (Phi) is 5.53. The minimum absolute atomic E-state index is 0.124. The first-order valence-electron chi connectivity index (χ1n) is 7.15. The Bertz CT molecular complexity index is 721. The van der Waals surface area contributed by atoms with Gasteiger partial charge in [0.25, 0.3) is 5.91 Å².